The highest BCUT2D eigenvalue weighted by Gasteiger charge is 2.27. The maximum absolute atomic E-state index is 12.0. The van der Waals surface area contributed by atoms with E-state index in [1.165, 1.54) is 6.42 Å². The molecule has 1 unspecified atom stereocenters. The molecule has 0 aliphatic heterocycles. The Morgan fingerprint density at radius 2 is 1.72 bits per heavy atom. The summed E-state index contributed by atoms with van der Waals surface area (Å²) < 4.78 is 36.1. The van der Waals surface area contributed by atoms with Crippen molar-refractivity contribution in [1.29, 1.82) is 0 Å². The molecule has 0 saturated carbocycles. The van der Waals surface area contributed by atoms with E-state index in [0.717, 1.165) is 19.4 Å². The lowest BCUT2D eigenvalue weighted by Gasteiger charge is -2.33. The Labute approximate surface area is 109 Å². The third-order valence-corrected chi connectivity index (χ3v) is 3.01. The highest BCUT2D eigenvalue weighted by atomic mass is 19.4. The van der Waals surface area contributed by atoms with E-state index in [0.29, 0.717) is 12.6 Å². The fourth-order valence-corrected chi connectivity index (χ4v) is 2.07. The molecule has 5 heteroatoms. The van der Waals surface area contributed by atoms with Crippen LogP contribution in [0.5, 0.6) is 0 Å². The van der Waals surface area contributed by atoms with Gasteiger partial charge in [0.2, 0.25) is 0 Å². The number of rotatable bonds is 9. The Balaban J connectivity index is 4.02. The summed E-state index contributed by atoms with van der Waals surface area (Å²) in [6.07, 6.45) is -0.679. The SMILES string of the molecule is CCCCCN(C(C)C)C(C)CNCC(F)(F)F. The van der Waals surface area contributed by atoms with Gasteiger partial charge in [-0.3, -0.25) is 4.90 Å². The second kappa shape index (κ2) is 8.75. The first-order chi connectivity index (χ1) is 8.28. The van der Waals surface area contributed by atoms with Crippen LogP contribution in [0.4, 0.5) is 13.2 Å². The summed E-state index contributed by atoms with van der Waals surface area (Å²) in [4.78, 5) is 2.26. The zero-order valence-electron chi connectivity index (χ0n) is 12.0. The zero-order chi connectivity index (χ0) is 14.2. The Morgan fingerprint density at radius 1 is 1.11 bits per heavy atom. The van der Waals surface area contributed by atoms with Gasteiger partial charge in [0.1, 0.15) is 0 Å². The van der Waals surface area contributed by atoms with E-state index in [2.05, 4.69) is 31.0 Å². The summed E-state index contributed by atoms with van der Waals surface area (Å²) in [7, 11) is 0. The molecule has 0 aromatic rings. The van der Waals surface area contributed by atoms with E-state index in [-0.39, 0.29) is 6.04 Å². The van der Waals surface area contributed by atoms with Crippen LogP contribution in [0, 0.1) is 0 Å². The largest absolute Gasteiger partial charge is 0.401 e. The summed E-state index contributed by atoms with van der Waals surface area (Å²) in [5.41, 5.74) is 0. The monoisotopic (exact) mass is 268 g/mol. The molecule has 0 spiro atoms. The summed E-state index contributed by atoms with van der Waals surface area (Å²) in [5.74, 6) is 0. The maximum atomic E-state index is 12.0. The Hall–Kier alpha value is -0.290. The average Bonchev–Trinajstić information content (AvgIpc) is 2.21. The van der Waals surface area contributed by atoms with Crippen molar-refractivity contribution in [3.8, 4) is 0 Å². The Kier molecular flexibility index (Phi) is 8.61. The van der Waals surface area contributed by atoms with Gasteiger partial charge in [0, 0.05) is 18.6 Å². The quantitative estimate of drug-likeness (QED) is 0.645. The number of hydrogen-bond acceptors (Lipinski definition) is 2. The standard InChI is InChI=1S/C13H27F3N2/c1-5-6-7-8-18(11(2)3)12(4)9-17-10-13(14,15)16/h11-12,17H,5-10H2,1-4H3. The van der Waals surface area contributed by atoms with Gasteiger partial charge in [-0.1, -0.05) is 19.8 Å². The van der Waals surface area contributed by atoms with Gasteiger partial charge in [-0.2, -0.15) is 13.2 Å². The zero-order valence-corrected chi connectivity index (χ0v) is 12.0. The fraction of sp³-hybridized carbons (Fsp3) is 1.00. The lowest BCUT2D eigenvalue weighted by atomic mass is 10.1. The van der Waals surface area contributed by atoms with Crippen molar-refractivity contribution in [3.63, 3.8) is 0 Å². The van der Waals surface area contributed by atoms with Gasteiger partial charge in [-0.25, -0.2) is 0 Å². The average molecular weight is 268 g/mol. The molecule has 0 aliphatic carbocycles. The smallest absolute Gasteiger partial charge is 0.307 e. The second-order valence-corrected chi connectivity index (χ2v) is 5.13. The van der Waals surface area contributed by atoms with Crippen molar-refractivity contribution in [2.45, 2.75) is 65.2 Å². The van der Waals surface area contributed by atoms with Crippen molar-refractivity contribution in [2.75, 3.05) is 19.6 Å². The van der Waals surface area contributed by atoms with Crippen LogP contribution in [0.2, 0.25) is 0 Å². The fourth-order valence-electron chi connectivity index (χ4n) is 2.07. The van der Waals surface area contributed by atoms with E-state index in [1.54, 1.807) is 0 Å². The van der Waals surface area contributed by atoms with Crippen molar-refractivity contribution in [2.24, 2.45) is 0 Å². The minimum Gasteiger partial charge on any atom is -0.307 e. The third-order valence-electron chi connectivity index (χ3n) is 3.01. The van der Waals surface area contributed by atoms with Crippen LogP contribution in [0.15, 0.2) is 0 Å². The molecule has 0 radical (unpaired) electrons. The van der Waals surface area contributed by atoms with Crippen molar-refractivity contribution >= 4 is 0 Å². The van der Waals surface area contributed by atoms with Gasteiger partial charge in [-0.15, -0.1) is 0 Å². The van der Waals surface area contributed by atoms with E-state index < -0.39 is 12.7 Å². The highest BCUT2D eigenvalue weighted by Crippen LogP contribution is 2.13. The molecule has 110 valence electrons. The van der Waals surface area contributed by atoms with Crippen LogP contribution in [-0.4, -0.2) is 42.8 Å². The van der Waals surface area contributed by atoms with E-state index >= 15 is 0 Å². The van der Waals surface area contributed by atoms with E-state index in [4.69, 9.17) is 0 Å². The first kappa shape index (κ1) is 17.7. The predicted molar refractivity (Wildman–Crippen MR) is 69.8 cm³/mol. The van der Waals surface area contributed by atoms with Gasteiger partial charge in [0.15, 0.2) is 0 Å². The molecule has 1 N–H and O–H groups in total. The molecule has 0 amide bonds. The molecule has 0 aliphatic rings. The number of nitrogens with one attached hydrogen (secondary N) is 1. The van der Waals surface area contributed by atoms with Gasteiger partial charge in [0.05, 0.1) is 6.54 Å². The normalized spacial score (nSPS) is 14.5. The molecule has 0 saturated heterocycles. The van der Waals surface area contributed by atoms with Crippen LogP contribution < -0.4 is 5.32 Å². The summed E-state index contributed by atoms with van der Waals surface area (Å²) >= 11 is 0. The number of nitrogens with zero attached hydrogens (tertiary/aromatic N) is 1. The number of hydrogen-bond donors (Lipinski definition) is 1. The Bertz CT molecular complexity index is 205. The topological polar surface area (TPSA) is 15.3 Å². The third kappa shape index (κ3) is 8.75. The molecule has 0 fully saturated rings. The predicted octanol–water partition coefficient (Wildman–Crippen LogP) is 3.43. The molecule has 2 nitrogen and oxygen atoms in total. The molecule has 18 heavy (non-hydrogen) atoms. The first-order valence-corrected chi connectivity index (χ1v) is 6.81. The molecule has 0 bridgehead atoms. The van der Waals surface area contributed by atoms with Crippen molar-refractivity contribution < 1.29 is 13.2 Å². The lowest BCUT2D eigenvalue weighted by Crippen LogP contribution is -2.46. The minimum absolute atomic E-state index is 0.129. The van der Waals surface area contributed by atoms with Crippen LogP contribution >= 0.6 is 0 Å². The van der Waals surface area contributed by atoms with Gasteiger partial charge in [-0.05, 0) is 33.7 Å². The minimum atomic E-state index is -4.12. The highest BCUT2D eigenvalue weighted by molar-refractivity contribution is 4.73. The van der Waals surface area contributed by atoms with Crippen LogP contribution in [0.1, 0.15) is 47.0 Å². The molecular formula is C13H27F3N2. The molecular weight excluding hydrogens is 241 g/mol. The second-order valence-electron chi connectivity index (χ2n) is 5.13. The van der Waals surface area contributed by atoms with Crippen LogP contribution in [0.25, 0.3) is 0 Å². The van der Waals surface area contributed by atoms with Crippen molar-refractivity contribution in [3.05, 3.63) is 0 Å². The number of alkyl halides is 3. The summed E-state index contributed by atoms with van der Waals surface area (Å²) in [5, 5.41) is 2.48. The maximum Gasteiger partial charge on any atom is 0.401 e. The first-order valence-electron chi connectivity index (χ1n) is 6.81. The van der Waals surface area contributed by atoms with Crippen molar-refractivity contribution in [1.82, 2.24) is 10.2 Å². The van der Waals surface area contributed by atoms with E-state index in [1.807, 2.05) is 6.92 Å². The molecule has 0 heterocycles. The summed E-state index contributed by atoms with van der Waals surface area (Å²) in [6, 6.07) is 0.494. The molecule has 0 aromatic carbocycles. The Morgan fingerprint density at radius 3 is 2.17 bits per heavy atom. The molecule has 0 rings (SSSR count). The van der Waals surface area contributed by atoms with Crippen LogP contribution in [0.3, 0.4) is 0 Å². The number of unbranched alkanes of at least 4 members (excludes halogenated alkanes) is 2. The molecule has 0 aromatic heterocycles. The van der Waals surface area contributed by atoms with Gasteiger partial charge >= 0.3 is 6.18 Å². The van der Waals surface area contributed by atoms with Gasteiger partial charge < -0.3 is 5.32 Å². The van der Waals surface area contributed by atoms with Crippen LogP contribution in [-0.2, 0) is 0 Å². The lowest BCUT2D eigenvalue weighted by molar-refractivity contribution is -0.125. The number of halogens is 3. The molecule has 1 atom stereocenters. The van der Waals surface area contributed by atoms with E-state index in [9.17, 15) is 13.2 Å². The summed E-state index contributed by atoms with van der Waals surface area (Å²) in [6.45, 7) is 8.74. The van der Waals surface area contributed by atoms with Gasteiger partial charge in [0.25, 0.3) is 0 Å².